The molecule has 0 fully saturated rings. The SMILES string of the molecule is CCNC(=O)c1ccccc1NC(=O)Cc1noc2ccccc12. The van der Waals surface area contributed by atoms with Gasteiger partial charge in [0.25, 0.3) is 5.91 Å². The van der Waals surface area contributed by atoms with Gasteiger partial charge < -0.3 is 15.2 Å². The number of benzene rings is 2. The molecule has 3 rings (SSSR count). The first-order chi connectivity index (χ1) is 11.7. The third-order valence-corrected chi connectivity index (χ3v) is 3.56. The lowest BCUT2D eigenvalue weighted by molar-refractivity contribution is -0.115. The van der Waals surface area contributed by atoms with E-state index in [1.165, 1.54) is 0 Å². The molecule has 122 valence electrons. The van der Waals surface area contributed by atoms with E-state index in [2.05, 4.69) is 15.8 Å². The Morgan fingerprint density at radius 2 is 1.83 bits per heavy atom. The number of hydrogen-bond donors (Lipinski definition) is 2. The predicted molar refractivity (Wildman–Crippen MR) is 90.8 cm³/mol. The van der Waals surface area contributed by atoms with Crippen LogP contribution in [0, 0.1) is 0 Å². The Kier molecular flexibility index (Phi) is 4.56. The standard InChI is InChI=1S/C18H17N3O3/c1-2-19-18(23)13-8-3-5-9-14(13)20-17(22)11-15-12-7-4-6-10-16(12)24-21-15/h3-10H,2,11H2,1H3,(H,19,23)(H,20,22). The van der Waals surface area contributed by atoms with E-state index in [1.54, 1.807) is 30.3 Å². The molecule has 3 aromatic rings. The van der Waals surface area contributed by atoms with E-state index in [0.29, 0.717) is 29.1 Å². The van der Waals surface area contributed by atoms with Gasteiger partial charge in [0.2, 0.25) is 5.91 Å². The minimum atomic E-state index is -0.259. The molecule has 1 aromatic heterocycles. The van der Waals surface area contributed by atoms with Crippen molar-refractivity contribution in [2.75, 3.05) is 11.9 Å². The number of carbonyl (C=O) groups excluding carboxylic acids is 2. The number of amides is 2. The van der Waals surface area contributed by atoms with Crippen molar-refractivity contribution >= 4 is 28.5 Å². The Morgan fingerprint density at radius 3 is 2.67 bits per heavy atom. The first-order valence-electron chi connectivity index (χ1n) is 7.69. The third kappa shape index (κ3) is 3.27. The lowest BCUT2D eigenvalue weighted by Gasteiger charge is -2.10. The fraction of sp³-hybridized carbons (Fsp3) is 0.167. The normalized spacial score (nSPS) is 10.5. The summed E-state index contributed by atoms with van der Waals surface area (Å²) >= 11 is 0. The lowest BCUT2D eigenvalue weighted by Crippen LogP contribution is -2.25. The van der Waals surface area contributed by atoms with Gasteiger partial charge in [-0.05, 0) is 31.2 Å². The van der Waals surface area contributed by atoms with E-state index < -0.39 is 0 Å². The highest BCUT2D eigenvalue weighted by atomic mass is 16.5. The molecule has 6 heteroatoms. The van der Waals surface area contributed by atoms with Crippen molar-refractivity contribution in [3.8, 4) is 0 Å². The quantitative estimate of drug-likeness (QED) is 0.756. The average Bonchev–Trinajstić information content (AvgIpc) is 2.98. The van der Waals surface area contributed by atoms with E-state index in [-0.39, 0.29) is 18.2 Å². The molecule has 0 saturated heterocycles. The van der Waals surface area contributed by atoms with Gasteiger partial charge in [-0.1, -0.05) is 29.4 Å². The summed E-state index contributed by atoms with van der Waals surface area (Å²) in [6.45, 7) is 2.36. The van der Waals surface area contributed by atoms with Gasteiger partial charge in [-0.15, -0.1) is 0 Å². The van der Waals surface area contributed by atoms with Crippen LogP contribution in [0.25, 0.3) is 11.0 Å². The van der Waals surface area contributed by atoms with E-state index in [4.69, 9.17) is 4.52 Å². The maximum Gasteiger partial charge on any atom is 0.253 e. The van der Waals surface area contributed by atoms with Gasteiger partial charge in [-0.25, -0.2) is 0 Å². The van der Waals surface area contributed by atoms with E-state index in [0.717, 1.165) is 5.39 Å². The molecular weight excluding hydrogens is 306 g/mol. The van der Waals surface area contributed by atoms with Gasteiger partial charge in [0.15, 0.2) is 5.58 Å². The van der Waals surface area contributed by atoms with Crippen LogP contribution in [0.15, 0.2) is 53.1 Å². The number of rotatable bonds is 5. The van der Waals surface area contributed by atoms with Crippen LogP contribution in [0.4, 0.5) is 5.69 Å². The zero-order valence-electron chi connectivity index (χ0n) is 13.2. The van der Waals surface area contributed by atoms with Crippen LogP contribution in [0.1, 0.15) is 23.0 Å². The molecule has 24 heavy (non-hydrogen) atoms. The van der Waals surface area contributed by atoms with Gasteiger partial charge in [0, 0.05) is 11.9 Å². The average molecular weight is 323 g/mol. The molecule has 0 bridgehead atoms. The Morgan fingerprint density at radius 1 is 1.08 bits per heavy atom. The van der Waals surface area contributed by atoms with Crippen molar-refractivity contribution in [3.05, 3.63) is 59.8 Å². The summed E-state index contributed by atoms with van der Waals surface area (Å²) < 4.78 is 5.20. The van der Waals surface area contributed by atoms with Gasteiger partial charge in [-0.2, -0.15) is 0 Å². The van der Waals surface area contributed by atoms with Crippen molar-refractivity contribution in [2.24, 2.45) is 0 Å². The Bertz CT molecular complexity index is 886. The third-order valence-electron chi connectivity index (χ3n) is 3.56. The molecule has 0 unspecified atom stereocenters. The zero-order valence-corrected chi connectivity index (χ0v) is 13.2. The molecule has 2 amide bonds. The van der Waals surface area contributed by atoms with E-state index in [9.17, 15) is 9.59 Å². The Hall–Kier alpha value is -3.15. The van der Waals surface area contributed by atoms with Gasteiger partial charge in [0.1, 0.15) is 5.69 Å². The van der Waals surface area contributed by atoms with Crippen LogP contribution in [0.3, 0.4) is 0 Å². The summed E-state index contributed by atoms with van der Waals surface area (Å²) in [5.41, 5.74) is 2.11. The summed E-state index contributed by atoms with van der Waals surface area (Å²) in [6, 6.07) is 14.3. The molecule has 1 heterocycles. The number of hydrogen-bond acceptors (Lipinski definition) is 4. The van der Waals surface area contributed by atoms with Crippen LogP contribution in [-0.4, -0.2) is 23.5 Å². The van der Waals surface area contributed by atoms with Crippen molar-refractivity contribution in [2.45, 2.75) is 13.3 Å². The molecule has 0 atom stereocenters. The van der Waals surface area contributed by atoms with Gasteiger partial charge >= 0.3 is 0 Å². The molecule has 2 aromatic carbocycles. The molecule has 6 nitrogen and oxygen atoms in total. The predicted octanol–water partition coefficient (Wildman–Crippen LogP) is 2.76. The zero-order chi connectivity index (χ0) is 16.9. The number of aromatic nitrogens is 1. The molecule has 0 aliphatic carbocycles. The second kappa shape index (κ2) is 6.95. The maximum absolute atomic E-state index is 12.3. The van der Waals surface area contributed by atoms with Crippen molar-refractivity contribution in [3.63, 3.8) is 0 Å². The molecular formula is C18H17N3O3. The molecule has 0 aliphatic rings. The van der Waals surface area contributed by atoms with Crippen LogP contribution >= 0.6 is 0 Å². The maximum atomic E-state index is 12.3. The van der Waals surface area contributed by atoms with Crippen LogP contribution in [0.2, 0.25) is 0 Å². The number of nitrogens with one attached hydrogen (secondary N) is 2. The number of nitrogens with zero attached hydrogens (tertiary/aromatic N) is 1. The monoisotopic (exact) mass is 323 g/mol. The number of para-hydroxylation sites is 2. The Labute approximate surface area is 138 Å². The topological polar surface area (TPSA) is 84.2 Å². The van der Waals surface area contributed by atoms with Crippen LogP contribution < -0.4 is 10.6 Å². The summed E-state index contributed by atoms with van der Waals surface area (Å²) in [5, 5.41) is 10.3. The summed E-state index contributed by atoms with van der Waals surface area (Å²) in [6.07, 6.45) is 0.0702. The Balaban J connectivity index is 1.77. The number of carbonyl (C=O) groups is 2. The smallest absolute Gasteiger partial charge is 0.253 e. The van der Waals surface area contributed by atoms with Crippen molar-refractivity contribution < 1.29 is 14.1 Å². The molecule has 2 N–H and O–H groups in total. The van der Waals surface area contributed by atoms with Gasteiger partial charge in [-0.3, -0.25) is 9.59 Å². The van der Waals surface area contributed by atoms with E-state index >= 15 is 0 Å². The highest BCUT2D eigenvalue weighted by Gasteiger charge is 2.15. The van der Waals surface area contributed by atoms with Crippen LogP contribution in [-0.2, 0) is 11.2 Å². The highest BCUT2D eigenvalue weighted by Crippen LogP contribution is 2.19. The van der Waals surface area contributed by atoms with Crippen molar-refractivity contribution in [1.82, 2.24) is 10.5 Å². The van der Waals surface area contributed by atoms with Crippen molar-refractivity contribution in [1.29, 1.82) is 0 Å². The fourth-order valence-electron chi connectivity index (χ4n) is 2.46. The fourth-order valence-corrected chi connectivity index (χ4v) is 2.46. The second-order valence-corrected chi connectivity index (χ2v) is 5.26. The first-order valence-corrected chi connectivity index (χ1v) is 7.69. The molecule has 0 spiro atoms. The largest absolute Gasteiger partial charge is 0.356 e. The lowest BCUT2D eigenvalue weighted by atomic mass is 10.1. The summed E-state index contributed by atoms with van der Waals surface area (Å²) in [5.74, 6) is -0.480. The first kappa shape index (κ1) is 15.7. The minimum Gasteiger partial charge on any atom is -0.356 e. The van der Waals surface area contributed by atoms with Gasteiger partial charge in [0.05, 0.1) is 17.7 Å². The highest BCUT2D eigenvalue weighted by molar-refractivity contribution is 6.04. The number of fused-ring (bicyclic) bond motifs is 1. The molecule has 0 saturated carbocycles. The number of anilines is 1. The minimum absolute atomic E-state index is 0.0702. The summed E-state index contributed by atoms with van der Waals surface area (Å²) in [4.78, 5) is 24.4. The molecule has 0 aliphatic heterocycles. The van der Waals surface area contributed by atoms with Crippen LogP contribution in [0.5, 0.6) is 0 Å². The second-order valence-electron chi connectivity index (χ2n) is 5.26. The summed E-state index contributed by atoms with van der Waals surface area (Å²) in [7, 11) is 0. The van der Waals surface area contributed by atoms with E-state index in [1.807, 2.05) is 25.1 Å². The molecule has 0 radical (unpaired) electrons.